The third kappa shape index (κ3) is 1.86. The molecule has 0 bridgehead atoms. The first-order chi connectivity index (χ1) is 9.20. The van der Waals surface area contributed by atoms with Crippen molar-refractivity contribution >= 4 is 16.9 Å². The Kier molecular flexibility index (Phi) is 2.73. The van der Waals surface area contributed by atoms with Crippen LogP contribution in [-0.4, -0.2) is 8.97 Å². The van der Waals surface area contributed by atoms with E-state index in [4.69, 9.17) is 0 Å². The van der Waals surface area contributed by atoms with Gasteiger partial charge in [0, 0.05) is 29.0 Å². The van der Waals surface area contributed by atoms with Gasteiger partial charge in [0.05, 0.1) is 17.6 Å². The SMILES string of the molecule is Cc1csc(=O)n1Cc1cn2ccccc2c1C#N. The summed E-state index contributed by atoms with van der Waals surface area (Å²) < 4.78 is 3.61. The van der Waals surface area contributed by atoms with E-state index in [1.807, 2.05) is 47.3 Å². The normalized spacial score (nSPS) is 10.7. The lowest BCUT2D eigenvalue weighted by molar-refractivity contribution is 0.753. The molecule has 4 nitrogen and oxygen atoms in total. The lowest BCUT2D eigenvalue weighted by atomic mass is 10.2. The fraction of sp³-hybridized carbons (Fsp3) is 0.143. The Hall–Kier alpha value is -2.32. The second-order valence-electron chi connectivity index (χ2n) is 4.36. The minimum Gasteiger partial charge on any atom is -0.322 e. The van der Waals surface area contributed by atoms with Crippen LogP contribution in [0.5, 0.6) is 0 Å². The molecule has 0 amide bonds. The quantitative estimate of drug-likeness (QED) is 0.717. The van der Waals surface area contributed by atoms with E-state index >= 15 is 0 Å². The van der Waals surface area contributed by atoms with Gasteiger partial charge in [-0.1, -0.05) is 17.4 Å². The van der Waals surface area contributed by atoms with E-state index in [-0.39, 0.29) is 4.87 Å². The lowest BCUT2D eigenvalue weighted by Gasteiger charge is -2.02. The molecule has 19 heavy (non-hydrogen) atoms. The van der Waals surface area contributed by atoms with Crippen molar-refractivity contribution in [3.05, 3.63) is 62.5 Å². The number of rotatable bonds is 2. The van der Waals surface area contributed by atoms with E-state index in [0.717, 1.165) is 16.8 Å². The van der Waals surface area contributed by atoms with Crippen molar-refractivity contribution in [2.45, 2.75) is 13.5 Å². The number of thiazole rings is 1. The standard InChI is InChI=1S/C14H11N3OS/c1-10-9-19-14(18)17(10)8-11-7-16-5-3-2-4-13(16)12(11)6-15/h2-5,7,9H,8H2,1H3. The minimum atomic E-state index is 0.0108. The third-order valence-electron chi connectivity index (χ3n) is 3.18. The van der Waals surface area contributed by atoms with Gasteiger partial charge in [0.15, 0.2) is 0 Å². The molecule has 0 fully saturated rings. The monoisotopic (exact) mass is 269 g/mol. The van der Waals surface area contributed by atoms with Gasteiger partial charge in [0.1, 0.15) is 6.07 Å². The highest BCUT2D eigenvalue weighted by molar-refractivity contribution is 7.07. The molecule has 0 aromatic carbocycles. The molecule has 5 heteroatoms. The Labute approximate surface area is 113 Å². The maximum atomic E-state index is 11.8. The van der Waals surface area contributed by atoms with Gasteiger partial charge >= 0.3 is 4.87 Å². The molecule has 3 rings (SSSR count). The van der Waals surface area contributed by atoms with E-state index in [1.165, 1.54) is 11.3 Å². The van der Waals surface area contributed by atoms with Crippen LogP contribution in [0.2, 0.25) is 0 Å². The Morgan fingerprint density at radius 2 is 2.26 bits per heavy atom. The van der Waals surface area contributed by atoms with Crippen molar-refractivity contribution in [1.82, 2.24) is 8.97 Å². The van der Waals surface area contributed by atoms with Crippen LogP contribution < -0.4 is 4.87 Å². The summed E-state index contributed by atoms with van der Waals surface area (Å²) in [5.74, 6) is 0. The number of nitriles is 1. The first-order valence-electron chi connectivity index (χ1n) is 5.84. The summed E-state index contributed by atoms with van der Waals surface area (Å²) in [5, 5.41) is 11.2. The highest BCUT2D eigenvalue weighted by atomic mass is 32.1. The largest absolute Gasteiger partial charge is 0.322 e. The molecule has 0 unspecified atom stereocenters. The molecular formula is C14H11N3OS. The van der Waals surface area contributed by atoms with E-state index < -0.39 is 0 Å². The van der Waals surface area contributed by atoms with Crippen molar-refractivity contribution in [1.29, 1.82) is 5.26 Å². The number of aromatic nitrogens is 2. The number of nitrogens with zero attached hydrogens (tertiary/aromatic N) is 3. The molecule has 0 N–H and O–H groups in total. The second-order valence-corrected chi connectivity index (χ2v) is 5.18. The maximum Gasteiger partial charge on any atom is 0.307 e. The molecule has 0 aliphatic heterocycles. The number of fused-ring (bicyclic) bond motifs is 1. The fourth-order valence-electron chi connectivity index (χ4n) is 2.19. The number of hydrogen-bond donors (Lipinski definition) is 0. The average molecular weight is 269 g/mol. The van der Waals surface area contributed by atoms with Gasteiger partial charge in [-0.25, -0.2) is 0 Å². The Bertz CT molecular complexity index is 848. The maximum absolute atomic E-state index is 11.8. The van der Waals surface area contributed by atoms with Crippen molar-refractivity contribution in [2.24, 2.45) is 0 Å². The van der Waals surface area contributed by atoms with Crippen molar-refractivity contribution in [3.63, 3.8) is 0 Å². The molecule has 0 radical (unpaired) electrons. The zero-order valence-corrected chi connectivity index (χ0v) is 11.1. The predicted octanol–water partition coefficient (Wildman–Crippen LogP) is 2.39. The van der Waals surface area contributed by atoms with Gasteiger partial charge < -0.3 is 4.40 Å². The summed E-state index contributed by atoms with van der Waals surface area (Å²) in [6, 6.07) is 7.97. The first-order valence-corrected chi connectivity index (χ1v) is 6.72. The van der Waals surface area contributed by atoms with Crippen LogP contribution in [0.1, 0.15) is 16.8 Å². The molecule has 3 heterocycles. The number of hydrogen-bond acceptors (Lipinski definition) is 3. The third-order valence-corrected chi connectivity index (χ3v) is 4.06. The van der Waals surface area contributed by atoms with Crippen LogP contribution in [0.3, 0.4) is 0 Å². The Balaban J connectivity index is 2.16. The van der Waals surface area contributed by atoms with Crippen LogP contribution >= 0.6 is 11.3 Å². The summed E-state index contributed by atoms with van der Waals surface area (Å²) in [4.78, 5) is 11.8. The van der Waals surface area contributed by atoms with Crippen LogP contribution in [-0.2, 0) is 6.54 Å². The highest BCUT2D eigenvalue weighted by Gasteiger charge is 2.12. The fourth-order valence-corrected chi connectivity index (χ4v) is 2.93. The molecule has 0 aliphatic carbocycles. The zero-order valence-electron chi connectivity index (χ0n) is 10.3. The summed E-state index contributed by atoms with van der Waals surface area (Å²) in [5.41, 5.74) is 3.31. The summed E-state index contributed by atoms with van der Waals surface area (Å²) >= 11 is 1.19. The molecule has 0 spiro atoms. The predicted molar refractivity (Wildman–Crippen MR) is 74.5 cm³/mol. The molecule has 3 aromatic rings. The van der Waals surface area contributed by atoms with Crippen molar-refractivity contribution in [2.75, 3.05) is 0 Å². The number of aryl methyl sites for hydroxylation is 1. The Morgan fingerprint density at radius 1 is 1.42 bits per heavy atom. The molecule has 0 saturated carbocycles. The molecule has 0 saturated heterocycles. The van der Waals surface area contributed by atoms with Crippen LogP contribution in [0, 0.1) is 18.3 Å². The van der Waals surface area contributed by atoms with Crippen molar-refractivity contribution < 1.29 is 0 Å². The molecular weight excluding hydrogens is 258 g/mol. The Morgan fingerprint density at radius 3 is 2.95 bits per heavy atom. The summed E-state index contributed by atoms with van der Waals surface area (Å²) in [6.45, 7) is 2.35. The van der Waals surface area contributed by atoms with Crippen molar-refractivity contribution in [3.8, 4) is 6.07 Å². The minimum absolute atomic E-state index is 0.0108. The van der Waals surface area contributed by atoms with Crippen LogP contribution in [0.15, 0.2) is 40.8 Å². The van der Waals surface area contributed by atoms with Gasteiger partial charge in [0.25, 0.3) is 0 Å². The van der Waals surface area contributed by atoms with Crippen LogP contribution in [0.25, 0.3) is 5.52 Å². The van der Waals surface area contributed by atoms with Gasteiger partial charge in [-0.05, 0) is 19.1 Å². The molecule has 94 valence electrons. The highest BCUT2D eigenvalue weighted by Crippen LogP contribution is 2.19. The molecule has 0 aliphatic rings. The summed E-state index contributed by atoms with van der Waals surface area (Å²) in [6.07, 6.45) is 3.82. The number of pyridine rings is 1. The van der Waals surface area contributed by atoms with E-state index in [0.29, 0.717) is 12.1 Å². The van der Waals surface area contributed by atoms with E-state index in [9.17, 15) is 10.1 Å². The van der Waals surface area contributed by atoms with Gasteiger partial charge in [-0.15, -0.1) is 0 Å². The topological polar surface area (TPSA) is 50.2 Å². The average Bonchev–Trinajstić information content (AvgIpc) is 2.93. The smallest absolute Gasteiger partial charge is 0.307 e. The van der Waals surface area contributed by atoms with Gasteiger partial charge in [-0.2, -0.15) is 5.26 Å². The van der Waals surface area contributed by atoms with Gasteiger partial charge in [-0.3, -0.25) is 9.36 Å². The second kappa shape index (κ2) is 4.41. The molecule has 3 aromatic heterocycles. The van der Waals surface area contributed by atoms with E-state index in [2.05, 4.69) is 6.07 Å². The summed E-state index contributed by atoms with van der Waals surface area (Å²) in [7, 11) is 0. The molecule has 0 atom stereocenters. The van der Waals surface area contributed by atoms with Gasteiger partial charge in [0.2, 0.25) is 0 Å². The zero-order chi connectivity index (χ0) is 13.4. The lowest BCUT2D eigenvalue weighted by Crippen LogP contribution is -2.15. The van der Waals surface area contributed by atoms with E-state index in [1.54, 1.807) is 4.57 Å². The first kappa shape index (κ1) is 11.8. The van der Waals surface area contributed by atoms with Crippen LogP contribution in [0.4, 0.5) is 0 Å².